The fraction of sp³-hybridized carbons (Fsp3) is 0.188. The molecule has 0 unspecified atom stereocenters. The van der Waals surface area contributed by atoms with Gasteiger partial charge in [0.05, 0.1) is 18.1 Å². The van der Waals surface area contributed by atoms with Gasteiger partial charge in [0.15, 0.2) is 0 Å². The smallest absolute Gasteiger partial charge is 0.399 e. The van der Waals surface area contributed by atoms with Gasteiger partial charge in [-0.1, -0.05) is 103 Å². The van der Waals surface area contributed by atoms with E-state index < -0.39 is 24.4 Å². The third-order valence-electron chi connectivity index (χ3n) is 7.38. The summed E-state index contributed by atoms with van der Waals surface area (Å²) in [5.41, 5.74) is 2.81. The monoisotopic (exact) mass is 461 g/mol. The SMILES string of the molecule is [2H]c1c([2H])c([2H])c(-c2c3ccccc3c(-c3cccc(B4OC(C)(C)C(C)(C)O4)c3)c3ccccc23)c([2H])c1[2H]. The maximum atomic E-state index is 8.73. The second-order valence-corrected chi connectivity index (χ2v) is 10.1. The first-order chi connectivity index (χ1) is 18.9. The predicted octanol–water partition coefficient (Wildman–Crippen LogP) is 7.63. The van der Waals surface area contributed by atoms with Crippen LogP contribution in [0.3, 0.4) is 0 Å². The van der Waals surface area contributed by atoms with Gasteiger partial charge < -0.3 is 9.31 Å². The molecule has 6 rings (SSSR count). The van der Waals surface area contributed by atoms with Crippen molar-refractivity contribution in [2.75, 3.05) is 0 Å². The summed E-state index contributed by atoms with van der Waals surface area (Å²) >= 11 is 0. The van der Waals surface area contributed by atoms with Crippen LogP contribution >= 0.6 is 0 Å². The molecule has 0 atom stereocenters. The van der Waals surface area contributed by atoms with Gasteiger partial charge in [-0.15, -0.1) is 0 Å². The number of rotatable bonds is 3. The van der Waals surface area contributed by atoms with Crippen LogP contribution in [0.25, 0.3) is 43.8 Å². The van der Waals surface area contributed by atoms with Crippen LogP contribution in [-0.2, 0) is 9.31 Å². The summed E-state index contributed by atoms with van der Waals surface area (Å²) in [6, 6.07) is 22.4. The molecular formula is C32H29BO2. The molecule has 1 heterocycles. The molecule has 0 radical (unpaired) electrons. The van der Waals surface area contributed by atoms with Crippen LogP contribution in [0.15, 0.2) is 103 Å². The van der Waals surface area contributed by atoms with Crippen molar-refractivity contribution in [3.63, 3.8) is 0 Å². The Labute approximate surface area is 214 Å². The lowest BCUT2D eigenvalue weighted by atomic mass is 9.77. The second-order valence-electron chi connectivity index (χ2n) is 10.1. The number of hydrogen-bond donors (Lipinski definition) is 0. The molecule has 1 aliphatic heterocycles. The van der Waals surface area contributed by atoms with Crippen molar-refractivity contribution in [2.24, 2.45) is 0 Å². The number of fused-ring (bicyclic) bond motifs is 2. The molecule has 5 aromatic carbocycles. The molecule has 0 aromatic heterocycles. The van der Waals surface area contributed by atoms with E-state index in [9.17, 15) is 0 Å². The summed E-state index contributed by atoms with van der Waals surface area (Å²) < 4.78 is 54.8. The van der Waals surface area contributed by atoms with Crippen LogP contribution in [0, 0.1) is 0 Å². The highest BCUT2D eigenvalue weighted by atomic mass is 16.7. The Hall–Kier alpha value is -3.40. The third kappa shape index (κ3) is 3.58. The Morgan fingerprint density at radius 3 is 1.60 bits per heavy atom. The van der Waals surface area contributed by atoms with Crippen molar-refractivity contribution in [1.82, 2.24) is 0 Å². The third-order valence-corrected chi connectivity index (χ3v) is 7.38. The summed E-state index contributed by atoms with van der Waals surface area (Å²) in [4.78, 5) is 0. The Morgan fingerprint density at radius 2 is 1.09 bits per heavy atom. The Morgan fingerprint density at radius 1 is 0.600 bits per heavy atom. The first kappa shape index (κ1) is 17.1. The highest BCUT2D eigenvalue weighted by Gasteiger charge is 2.51. The molecular weight excluding hydrogens is 427 g/mol. The van der Waals surface area contributed by atoms with Crippen molar-refractivity contribution in [3.8, 4) is 22.3 Å². The lowest BCUT2D eigenvalue weighted by Gasteiger charge is -2.32. The minimum atomic E-state index is -0.507. The summed E-state index contributed by atoms with van der Waals surface area (Å²) in [6.07, 6.45) is 0. The number of hydrogen-bond acceptors (Lipinski definition) is 2. The average molecular weight is 461 g/mol. The Bertz CT molecular complexity index is 1730. The largest absolute Gasteiger partial charge is 0.494 e. The lowest BCUT2D eigenvalue weighted by molar-refractivity contribution is 0.00578. The molecule has 0 bridgehead atoms. The van der Waals surface area contributed by atoms with Crippen molar-refractivity contribution in [1.29, 1.82) is 0 Å². The molecule has 2 nitrogen and oxygen atoms in total. The molecule has 0 spiro atoms. The molecule has 0 amide bonds. The van der Waals surface area contributed by atoms with E-state index in [1.54, 1.807) is 0 Å². The average Bonchev–Trinajstić information content (AvgIpc) is 3.17. The van der Waals surface area contributed by atoms with E-state index in [1.165, 1.54) is 0 Å². The zero-order valence-electron chi connectivity index (χ0n) is 25.3. The van der Waals surface area contributed by atoms with Gasteiger partial charge in [0.25, 0.3) is 0 Å². The van der Waals surface area contributed by atoms with Crippen LogP contribution in [0.1, 0.15) is 34.5 Å². The van der Waals surface area contributed by atoms with E-state index in [2.05, 4.69) is 12.1 Å². The molecule has 1 fully saturated rings. The zero-order chi connectivity index (χ0) is 28.6. The maximum Gasteiger partial charge on any atom is 0.494 e. The van der Waals surface area contributed by atoms with Gasteiger partial charge in [-0.3, -0.25) is 0 Å². The highest BCUT2D eigenvalue weighted by Crippen LogP contribution is 2.43. The molecule has 0 saturated carbocycles. The normalized spacial score (nSPS) is 18.7. The van der Waals surface area contributed by atoms with E-state index >= 15 is 0 Å². The highest BCUT2D eigenvalue weighted by molar-refractivity contribution is 6.62. The molecule has 0 N–H and O–H groups in total. The van der Waals surface area contributed by atoms with Crippen LogP contribution in [-0.4, -0.2) is 18.3 Å². The molecule has 35 heavy (non-hydrogen) atoms. The van der Waals surface area contributed by atoms with Crippen LogP contribution in [0.5, 0.6) is 0 Å². The van der Waals surface area contributed by atoms with Gasteiger partial charge in [-0.25, -0.2) is 0 Å². The van der Waals surface area contributed by atoms with E-state index in [4.69, 9.17) is 16.2 Å². The zero-order valence-corrected chi connectivity index (χ0v) is 20.3. The summed E-state index contributed by atoms with van der Waals surface area (Å²) in [7, 11) is -0.507. The first-order valence-electron chi connectivity index (χ1n) is 14.4. The minimum absolute atomic E-state index is 0.205. The van der Waals surface area contributed by atoms with Gasteiger partial charge in [-0.05, 0) is 77.0 Å². The second kappa shape index (κ2) is 8.08. The van der Waals surface area contributed by atoms with Crippen molar-refractivity contribution in [2.45, 2.75) is 38.9 Å². The minimum Gasteiger partial charge on any atom is -0.399 e. The maximum absolute atomic E-state index is 8.73. The Kier molecular flexibility index (Phi) is 3.95. The van der Waals surface area contributed by atoms with Crippen LogP contribution < -0.4 is 5.46 Å². The van der Waals surface area contributed by atoms with E-state index in [-0.39, 0.29) is 29.7 Å². The topological polar surface area (TPSA) is 18.5 Å². The predicted molar refractivity (Wildman–Crippen MR) is 148 cm³/mol. The van der Waals surface area contributed by atoms with E-state index in [0.717, 1.165) is 38.1 Å². The molecule has 5 aromatic rings. The van der Waals surface area contributed by atoms with Gasteiger partial charge in [0.2, 0.25) is 0 Å². The molecule has 1 aliphatic rings. The molecule has 0 aliphatic carbocycles. The molecule has 3 heteroatoms. The molecule has 172 valence electrons. The first-order valence-corrected chi connectivity index (χ1v) is 11.9. The number of benzene rings is 5. The lowest BCUT2D eigenvalue weighted by Crippen LogP contribution is -2.41. The quantitative estimate of drug-likeness (QED) is 0.203. The fourth-order valence-electron chi connectivity index (χ4n) is 4.90. The summed E-state index contributed by atoms with van der Waals surface area (Å²) in [6.45, 7) is 8.15. The van der Waals surface area contributed by atoms with E-state index in [1.807, 2.05) is 88.4 Å². The van der Waals surface area contributed by atoms with Gasteiger partial charge in [0, 0.05) is 0 Å². The van der Waals surface area contributed by atoms with Gasteiger partial charge in [0.1, 0.15) is 0 Å². The van der Waals surface area contributed by atoms with Gasteiger partial charge in [-0.2, -0.15) is 0 Å². The fourth-order valence-corrected chi connectivity index (χ4v) is 4.90. The van der Waals surface area contributed by atoms with Crippen molar-refractivity contribution < 1.29 is 16.2 Å². The van der Waals surface area contributed by atoms with Crippen LogP contribution in [0.2, 0.25) is 0 Å². The Balaban J connectivity index is 1.65. The van der Waals surface area contributed by atoms with Crippen molar-refractivity contribution in [3.05, 3.63) is 103 Å². The van der Waals surface area contributed by atoms with E-state index in [0.29, 0.717) is 5.56 Å². The summed E-state index contributed by atoms with van der Waals surface area (Å²) in [5, 5.41) is 3.48. The van der Waals surface area contributed by atoms with Gasteiger partial charge >= 0.3 is 7.12 Å². The van der Waals surface area contributed by atoms with Crippen molar-refractivity contribution >= 4 is 34.1 Å². The molecule has 1 saturated heterocycles. The van der Waals surface area contributed by atoms with Crippen LogP contribution in [0.4, 0.5) is 0 Å². The summed E-state index contributed by atoms with van der Waals surface area (Å²) in [5.74, 6) is 0. The standard InChI is InChI=1S/C32H29BO2/c1-31(2)32(3,4)35-33(34-31)24-16-12-15-23(21-24)30-27-19-10-8-17-25(27)29(22-13-6-5-7-14-22)26-18-9-11-20-28(26)30/h5-21H,1-4H3/i5D,6D,7D,13D,14D.